The van der Waals surface area contributed by atoms with E-state index in [1.165, 1.54) is 17.3 Å². The lowest BCUT2D eigenvalue weighted by atomic mass is 9.90. The van der Waals surface area contributed by atoms with Gasteiger partial charge in [0.2, 0.25) is 17.8 Å². The summed E-state index contributed by atoms with van der Waals surface area (Å²) >= 11 is 3.41. The molecular weight excluding hydrogens is 542 g/mol. The van der Waals surface area contributed by atoms with Crippen molar-refractivity contribution in [2.45, 2.75) is 26.2 Å². The van der Waals surface area contributed by atoms with E-state index < -0.39 is 0 Å². The maximum atomic E-state index is 10.1. The summed E-state index contributed by atoms with van der Waals surface area (Å²) in [5.74, 6) is 2.14. The molecule has 0 bridgehead atoms. The average molecular weight is 573 g/mol. The largest absolute Gasteiger partial charge is 0.507 e. The summed E-state index contributed by atoms with van der Waals surface area (Å²) in [5, 5.41) is 17.6. The van der Waals surface area contributed by atoms with Crippen molar-refractivity contribution in [1.29, 1.82) is 0 Å². The van der Waals surface area contributed by atoms with Gasteiger partial charge in [-0.2, -0.15) is 20.1 Å². The molecule has 8 nitrogen and oxygen atoms in total. The van der Waals surface area contributed by atoms with Gasteiger partial charge >= 0.3 is 0 Å². The fraction of sp³-hybridized carbons (Fsp3) is 0.241. The molecule has 0 saturated carbocycles. The highest BCUT2D eigenvalue weighted by atomic mass is 79.9. The molecule has 0 unspecified atom stereocenters. The lowest BCUT2D eigenvalue weighted by Crippen LogP contribution is -2.35. The molecule has 38 heavy (non-hydrogen) atoms. The van der Waals surface area contributed by atoms with E-state index in [4.69, 9.17) is 4.98 Å². The van der Waals surface area contributed by atoms with Crippen LogP contribution in [0.1, 0.15) is 29.5 Å². The number of aromatic nitrogens is 3. The SMILES string of the molecule is Cc1ccc(Nc2nc(NN=Cc3cc(Br)ccc3O)nc(N3CCC(Cc4ccccc4)CC3)n2)cc1. The van der Waals surface area contributed by atoms with Gasteiger partial charge in [0, 0.05) is 28.8 Å². The van der Waals surface area contributed by atoms with Gasteiger partial charge in [0.05, 0.1) is 6.21 Å². The van der Waals surface area contributed by atoms with Crippen molar-refractivity contribution in [2.24, 2.45) is 11.0 Å². The van der Waals surface area contributed by atoms with Crippen LogP contribution in [0.3, 0.4) is 0 Å². The molecule has 0 amide bonds. The highest BCUT2D eigenvalue weighted by Crippen LogP contribution is 2.26. The van der Waals surface area contributed by atoms with Crippen molar-refractivity contribution in [3.63, 3.8) is 0 Å². The molecule has 3 N–H and O–H groups in total. The zero-order valence-corrected chi connectivity index (χ0v) is 22.8. The van der Waals surface area contributed by atoms with Crippen molar-refractivity contribution in [3.8, 4) is 5.75 Å². The number of phenolic OH excluding ortho intramolecular Hbond substituents is 1. The Kier molecular flexibility index (Phi) is 8.13. The predicted octanol–water partition coefficient (Wildman–Crippen LogP) is 6.30. The number of halogens is 1. The summed E-state index contributed by atoms with van der Waals surface area (Å²) < 4.78 is 0.847. The minimum Gasteiger partial charge on any atom is -0.507 e. The summed E-state index contributed by atoms with van der Waals surface area (Å²) in [6.45, 7) is 3.80. The molecule has 4 aromatic rings. The van der Waals surface area contributed by atoms with Gasteiger partial charge in [0.15, 0.2) is 0 Å². The van der Waals surface area contributed by atoms with Gasteiger partial charge in [-0.1, -0.05) is 64.0 Å². The Hall–Kier alpha value is -3.98. The first kappa shape index (κ1) is 25.7. The van der Waals surface area contributed by atoms with Crippen LogP contribution in [0.2, 0.25) is 0 Å². The fourth-order valence-electron chi connectivity index (χ4n) is 4.45. The number of phenols is 1. The Bertz CT molecular complexity index is 1390. The number of nitrogens with one attached hydrogen (secondary N) is 2. The van der Waals surface area contributed by atoms with Gasteiger partial charge < -0.3 is 15.3 Å². The van der Waals surface area contributed by atoms with E-state index in [0.29, 0.717) is 29.3 Å². The topological polar surface area (TPSA) is 98.6 Å². The zero-order chi connectivity index (χ0) is 26.3. The minimum atomic E-state index is 0.134. The molecule has 3 aromatic carbocycles. The third-order valence-corrected chi connectivity index (χ3v) is 7.05. The Morgan fingerprint density at radius 3 is 2.47 bits per heavy atom. The van der Waals surface area contributed by atoms with Gasteiger partial charge in [0.1, 0.15) is 5.75 Å². The molecular formula is C29H30BrN7O. The first-order chi connectivity index (χ1) is 18.5. The number of benzene rings is 3. The Balaban J connectivity index is 1.33. The number of aromatic hydroxyl groups is 1. The number of hydrogen-bond donors (Lipinski definition) is 3. The predicted molar refractivity (Wildman–Crippen MR) is 156 cm³/mol. The van der Waals surface area contributed by atoms with Crippen molar-refractivity contribution in [3.05, 3.63) is 94.0 Å². The molecule has 0 aliphatic carbocycles. The quantitative estimate of drug-likeness (QED) is 0.168. The second-order valence-corrected chi connectivity index (χ2v) is 10.4. The summed E-state index contributed by atoms with van der Waals surface area (Å²) in [7, 11) is 0. The number of piperidine rings is 1. The molecule has 1 aliphatic rings. The third kappa shape index (κ3) is 6.86. The summed E-state index contributed by atoms with van der Waals surface area (Å²) in [6, 6.07) is 23.9. The molecule has 9 heteroatoms. The second kappa shape index (κ2) is 12.0. The van der Waals surface area contributed by atoms with Crippen LogP contribution < -0.4 is 15.6 Å². The van der Waals surface area contributed by atoms with E-state index in [2.05, 4.69) is 83.9 Å². The minimum absolute atomic E-state index is 0.134. The number of aryl methyl sites for hydroxylation is 1. The molecule has 5 rings (SSSR count). The number of rotatable bonds is 8. The molecule has 1 fully saturated rings. The van der Waals surface area contributed by atoms with Gasteiger partial charge in [-0.05, 0) is 68.0 Å². The van der Waals surface area contributed by atoms with Crippen molar-refractivity contribution in [1.82, 2.24) is 15.0 Å². The highest BCUT2D eigenvalue weighted by molar-refractivity contribution is 9.10. The molecule has 1 aromatic heterocycles. The van der Waals surface area contributed by atoms with Gasteiger partial charge in [-0.15, -0.1) is 0 Å². The maximum Gasteiger partial charge on any atom is 0.250 e. The molecule has 1 saturated heterocycles. The Labute approximate surface area is 231 Å². The van der Waals surface area contributed by atoms with E-state index in [1.807, 2.05) is 24.3 Å². The molecule has 0 atom stereocenters. The van der Waals surface area contributed by atoms with Crippen molar-refractivity contribution in [2.75, 3.05) is 28.7 Å². The van der Waals surface area contributed by atoms with Crippen LogP contribution in [0.15, 0.2) is 82.4 Å². The van der Waals surface area contributed by atoms with Gasteiger partial charge in [-0.3, -0.25) is 0 Å². The standard InChI is InChI=1S/C29H30BrN7O/c1-20-7-10-25(11-8-20)32-27-33-28(36-31-19-23-18-24(30)9-12-26(23)38)35-29(34-27)37-15-13-22(14-16-37)17-21-5-3-2-4-6-21/h2-12,18-19,22,38H,13-17H2,1H3,(H2,32,33,34,35,36). The average Bonchev–Trinajstić information content (AvgIpc) is 2.93. The third-order valence-electron chi connectivity index (χ3n) is 6.55. The van der Waals surface area contributed by atoms with E-state index in [9.17, 15) is 5.11 Å². The number of anilines is 4. The molecule has 1 aliphatic heterocycles. The summed E-state index contributed by atoms with van der Waals surface area (Å²) in [6.07, 6.45) is 4.77. The molecule has 0 spiro atoms. The summed E-state index contributed by atoms with van der Waals surface area (Å²) in [4.78, 5) is 16.1. The van der Waals surface area contributed by atoms with E-state index in [0.717, 1.165) is 42.5 Å². The van der Waals surface area contributed by atoms with E-state index in [1.54, 1.807) is 18.2 Å². The fourth-order valence-corrected chi connectivity index (χ4v) is 4.83. The van der Waals surface area contributed by atoms with Crippen LogP contribution in [0.5, 0.6) is 5.75 Å². The Morgan fingerprint density at radius 1 is 0.974 bits per heavy atom. The first-order valence-corrected chi connectivity index (χ1v) is 13.5. The number of hydrazone groups is 1. The van der Waals surface area contributed by atoms with Crippen LogP contribution >= 0.6 is 15.9 Å². The summed E-state index contributed by atoms with van der Waals surface area (Å²) in [5.41, 5.74) is 6.93. The zero-order valence-electron chi connectivity index (χ0n) is 21.2. The number of hydrogen-bond acceptors (Lipinski definition) is 8. The van der Waals surface area contributed by atoms with Gasteiger partial charge in [-0.25, -0.2) is 5.43 Å². The normalized spacial score (nSPS) is 14.1. The van der Waals surface area contributed by atoms with Crippen LogP contribution in [-0.2, 0) is 6.42 Å². The lowest BCUT2D eigenvalue weighted by Gasteiger charge is -2.32. The smallest absolute Gasteiger partial charge is 0.250 e. The van der Waals surface area contributed by atoms with Crippen LogP contribution in [0.25, 0.3) is 0 Å². The first-order valence-electron chi connectivity index (χ1n) is 12.7. The highest BCUT2D eigenvalue weighted by Gasteiger charge is 2.22. The van der Waals surface area contributed by atoms with Crippen molar-refractivity contribution < 1.29 is 5.11 Å². The Morgan fingerprint density at radius 2 is 1.71 bits per heavy atom. The van der Waals surface area contributed by atoms with E-state index in [-0.39, 0.29) is 5.75 Å². The second-order valence-electron chi connectivity index (χ2n) is 9.47. The van der Waals surface area contributed by atoms with Crippen LogP contribution in [0, 0.1) is 12.8 Å². The molecule has 2 heterocycles. The van der Waals surface area contributed by atoms with E-state index >= 15 is 0 Å². The lowest BCUT2D eigenvalue weighted by molar-refractivity contribution is 0.400. The molecule has 0 radical (unpaired) electrons. The van der Waals surface area contributed by atoms with Gasteiger partial charge in [0.25, 0.3) is 0 Å². The van der Waals surface area contributed by atoms with Crippen LogP contribution in [-0.4, -0.2) is 39.4 Å². The van der Waals surface area contributed by atoms with Crippen molar-refractivity contribution >= 4 is 45.7 Å². The maximum absolute atomic E-state index is 10.1. The monoisotopic (exact) mass is 571 g/mol. The number of nitrogens with zero attached hydrogens (tertiary/aromatic N) is 5. The molecule has 194 valence electrons. The van der Waals surface area contributed by atoms with Crippen LogP contribution in [0.4, 0.5) is 23.5 Å².